The molecule has 0 aliphatic carbocycles. The number of carbonyl (C=O) groups excluding carboxylic acids is 1. The van der Waals surface area contributed by atoms with E-state index >= 15 is 0 Å². The number of hydrogen-bond acceptors (Lipinski definition) is 3. The van der Waals surface area contributed by atoms with Gasteiger partial charge in [0.1, 0.15) is 11.6 Å². The first-order valence-electron chi connectivity index (χ1n) is 7.92. The number of amides is 1. The Kier molecular flexibility index (Phi) is 4.15. The van der Waals surface area contributed by atoms with Crippen molar-refractivity contribution in [2.75, 3.05) is 6.54 Å². The summed E-state index contributed by atoms with van der Waals surface area (Å²) in [4.78, 5) is 14.3. The van der Waals surface area contributed by atoms with Crippen LogP contribution >= 0.6 is 0 Å². The lowest BCUT2D eigenvalue weighted by Gasteiger charge is -2.28. The van der Waals surface area contributed by atoms with Crippen LogP contribution in [0, 0.1) is 18.7 Å². The summed E-state index contributed by atoms with van der Waals surface area (Å²) in [5, 5.41) is 8.48. The fourth-order valence-electron chi connectivity index (χ4n) is 2.87. The second-order valence-electron chi connectivity index (χ2n) is 6.47. The predicted octanol–water partition coefficient (Wildman–Crippen LogP) is 2.58. The number of fused-ring (bicyclic) bond motifs is 1. The maximum Gasteiger partial charge on any atom is 0.254 e. The van der Waals surface area contributed by atoms with Gasteiger partial charge in [0.25, 0.3) is 5.91 Å². The molecule has 0 saturated carbocycles. The molecule has 2 aromatic rings. The average Bonchev–Trinajstić information content (AvgIpc) is 2.91. The summed E-state index contributed by atoms with van der Waals surface area (Å²) in [7, 11) is 0. The summed E-state index contributed by atoms with van der Waals surface area (Å²) in [6.45, 7) is 7.73. The number of halogens is 1. The molecule has 6 heteroatoms. The van der Waals surface area contributed by atoms with Gasteiger partial charge < -0.3 is 9.47 Å². The van der Waals surface area contributed by atoms with Crippen LogP contribution in [0.3, 0.4) is 0 Å². The molecule has 3 rings (SSSR count). The second kappa shape index (κ2) is 6.10. The minimum Gasteiger partial charge on any atom is -0.329 e. The highest BCUT2D eigenvalue weighted by Crippen LogP contribution is 2.18. The van der Waals surface area contributed by atoms with Gasteiger partial charge in [-0.15, -0.1) is 10.2 Å². The summed E-state index contributed by atoms with van der Waals surface area (Å²) in [5.41, 5.74) is 0.995. The maximum atomic E-state index is 13.4. The van der Waals surface area contributed by atoms with Crippen molar-refractivity contribution < 1.29 is 9.18 Å². The molecule has 1 aromatic heterocycles. The summed E-state index contributed by atoms with van der Waals surface area (Å²) < 4.78 is 15.5. The zero-order chi connectivity index (χ0) is 16.6. The van der Waals surface area contributed by atoms with Crippen LogP contribution in [0.5, 0.6) is 0 Å². The third kappa shape index (κ3) is 3.11. The first-order valence-corrected chi connectivity index (χ1v) is 7.92. The smallest absolute Gasteiger partial charge is 0.254 e. The Labute approximate surface area is 135 Å². The molecule has 1 aliphatic heterocycles. The lowest BCUT2D eigenvalue weighted by Crippen LogP contribution is -2.38. The number of aromatic nitrogens is 3. The molecule has 1 aliphatic rings. The normalized spacial score (nSPS) is 14.2. The Hall–Kier alpha value is -2.24. The summed E-state index contributed by atoms with van der Waals surface area (Å²) in [5.74, 6) is 1.94. The fraction of sp³-hybridized carbons (Fsp3) is 0.471. The Morgan fingerprint density at radius 3 is 2.78 bits per heavy atom. The quantitative estimate of drug-likeness (QED) is 0.874. The van der Waals surface area contributed by atoms with Crippen LogP contribution in [0.1, 0.15) is 41.4 Å². The molecule has 1 amide bonds. The lowest BCUT2D eigenvalue weighted by molar-refractivity contribution is 0.0706. The second-order valence-corrected chi connectivity index (χ2v) is 6.47. The Morgan fingerprint density at radius 1 is 1.30 bits per heavy atom. The van der Waals surface area contributed by atoms with Gasteiger partial charge in [0.05, 0.1) is 6.54 Å². The minimum absolute atomic E-state index is 0.0900. The molecule has 0 radical (unpaired) electrons. The topological polar surface area (TPSA) is 51.0 Å². The number of aryl methyl sites for hydroxylation is 1. The molecule has 0 spiro atoms. The van der Waals surface area contributed by atoms with Gasteiger partial charge in [0, 0.05) is 25.1 Å². The molecule has 1 aromatic carbocycles. The van der Waals surface area contributed by atoms with Gasteiger partial charge in [0.15, 0.2) is 5.82 Å². The first-order chi connectivity index (χ1) is 11.0. The summed E-state index contributed by atoms with van der Waals surface area (Å²) in [6, 6.07) is 4.48. The largest absolute Gasteiger partial charge is 0.329 e. The van der Waals surface area contributed by atoms with Crippen molar-refractivity contribution in [2.24, 2.45) is 5.92 Å². The van der Waals surface area contributed by atoms with Gasteiger partial charge in [-0.3, -0.25) is 4.79 Å². The van der Waals surface area contributed by atoms with Crippen LogP contribution < -0.4 is 0 Å². The molecule has 2 heterocycles. The molecule has 0 fully saturated rings. The van der Waals surface area contributed by atoms with E-state index in [9.17, 15) is 9.18 Å². The van der Waals surface area contributed by atoms with E-state index in [4.69, 9.17) is 0 Å². The van der Waals surface area contributed by atoms with Crippen LogP contribution in [-0.2, 0) is 19.5 Å². The zero-order valence-electron chi connectivity index (χ0n) is 13.7. The van der Waals surface area contributed by atoms with Crippen molar-refractivity contribution in [2.45, 2.75) is 40.3 Å². The molecule has 0 bridgehead atoms. The highest BCUT2D eigenvalue weighted by molar-refractivity contribution is 5.94. The molecule has 122 valence electrons. The van der Waals surface area contributed by atoms with Crippen molar-refractivity contribution in [3.63, 3.8) is 0 Å². The molecular weight excluding hydrogens is 295 g/mol. The highest BCUT2D eigenvalue weighted by atomic mass is 19.1. The third-order valence-corrected chi connectivity index (χ3v) is 4.11. The maximum absolute atomic E-state index is 13.4. The van der Waals surface area contributed by atoms with Crippen molar-refractivity contribution in [1.29, 1.82) is 0 Å². The van der Waals surface area contributed by atoms with Crippen molar-refractivity contribution in [3.05, 3.63) is 46.8 Å². The highest BCUT2D eigenvalue weighted by Gasteiger charge is 2.25. The van der Waals surface area contributed by atoms with E-state index in [0.717, 1.165) is 18.1 Å². The van der Waals surface area contributed by atoms with Crippen molar-refractivity contribution >= 4 is 5.91 Å². The van der Waals surface area contributed by atoms with Gasteiger partial charge in [-0.25, -0.2) is 4.39 Å². The fourth-order valence-corrected chi connectivity index (χ4v) is 2.87. The Bertz CT molecular complexity index is 738. The van der Waals surface area contributed by atoms with Gasteiger partial charge in [-0.2, -0.15) is 0 Å². The van der Waals surface area contributed by atoms with E-state index < -0.39 is 0 Å². The number of rotatable bonds is 3. The molecule has 0 N–H and O–H groups in total. The van der Waals surface area contributed by atoms with Crippen LogP contribution in [-0.4, -0.2) is 32.1 Å². The summed E-state index contributed by atoms with van der Waals surface area (Å²) in [6.07, 6.45) is 0.887. The Morgan fingerprint density at radius 2 is 2.09 bits per heavy atom. The van der Waals surface area contributed by atoms with Crippen LogP contribution in [0.15, 0.2) is 18.2 Å². The monoisotopic (exact) mass is 316 g/mol. The van der Waals surface area contributed by atoms with E-state index in [1.54, 1.807) is 17.9 Å². The number of carbonyl (C=O) groups is 1. The number of nitrogens with zero attached hydrogens (tertiary/aromatic N) is 4. The van der Waals surface area contributed by atoms with Crippen LogP contribution in [0.2, 0.25) is 0 Å². The van der Waals surface area contributed by atoms with Crippen molar-refractivity contribution in [3.8, 4) is 0 Å². The minimum atomic E-state index is -0.293. The first kappa shape index (κ1) is 15.6. The predicted molar refractivity (Wildman–Crippen MR) is 84.4 cm³/mol. The van der Waals surface area contributed by atoms with E-state index in [1.165, 1.54) is 12.1 Å². The molecule has 0 saturated heterocycles. The van der Waals surface area contributed by atoms with Gasteiger partial charge in [0.2, 0.25) is 0 Å². The molecule has 0 atom stereocenters. The molecule has 5 nitrogen and oxygen atoms in total. The van der Waals surface area contributed by atoms with Gasteiger partial charge >= 0.3 is 0 Å². The SMILES string of the molecule is Cc1cc(C(=O)N2CCn3c(CC(C)C)nnc3C2)ccc1F. The molecular formula is C17H21FN4O. The van der Waals surface area contributed by atoms with E-state index in [1.807, 2.05) is 0 Å². The number of hydrogen-bond donors (Lipinski definition) is 0. The zero-order valence-corrected chi connectivity index (χ0v) is 13.7. The standard InChI is InChI=1S/C17H21FN4O/c1-11(2)8-15-19-20-16-10-21(6-7-22(15)16)17(23)13-4-5-14(18)12(3)9-13/h4-5,9,11H,6-8,10H2,1-3H3. The van der Waals surface area contributed by atoms with E-state index in [0.29, 0.717) is 36.7 Å². The number of benzene rings is 1. The van der Waals surface area contributed by atoms with Gasteiger partial charge in [-0.05, 0) is 36.6 Å². The van der Waals surface area contributed by atoms with E-state index in [-0.39, 0.29) is 11.7 Å². The van der Waals surface area contributed by atoms with Crippen LogP contribution in [0.25, 0.3) is 0 Å². The molecule has 23 heavy (non-hydrogen) atoms. The lowest BCUT2D eigenvalue weighted by atomic mass is 10.1. The summed E-state index contributed by atoms with van der Waals surface area (Å²) >= 11 is 0. The third-order valence-electron chi connectivity index (χ3n) is 4.11. The Balaban J connectivity index is 1.77. The van der Waals surface area contributed by atoms with Crippen molar-refractivity contribution in [1.82, 2.24) is 19.7 Å². The van der Waals surface area contributed by atoms with Gasteiger partial charge in [-0.1, -0.05) is 13.8 Å². The molecule has 0 unspecified atom stereocenters. The van der Waals surface area contributed by atoms with Crippen LogP contribution in [0.4, 0.5) is 4.39 Å². The van der Waals surface area contributed by atoms with E-state index in [2.05, 4.69) is 28.6 Å². The average molecular weight is 316 g/mol.